The highest BCUT2D eigenvalue weighted by Gasteiger charge is 2.38. The van der Waals surface area contributed by atoms with E-state index in [1.807, 2.05) is 7.05 Å². The van der Waals surface area contributed by atoms with E-state index < -0.39 is 5.67 Å². The lowest BCUT2D eigenvalue weighted by molar-refractivity contribution is 0.198. The standard InChI is InChI=1S/C10H20FN/c1-8(2)5-9-6-10(3,11)7-12(9)4/h8-9H,5-7H2,1-4H3. The molecule has 0 bridgehead atoms. The molecule has 0 aromatic rings. The first-order chi connectivity index (χ1) is 5.41. The van der Waals surface area contributed by atoms with E-state index in [0.29, 0.717) is 24.9 Å². The molecule has 0 aromatic heterocycles. The molecule has 1 aliphatic heterocycles. The van der Waals surface area contributed by atoms with E-state index in [2.05, 4.69) is 18.7 Å². The molecule has 1 saturated heterocycles. The first kappa shape index (κ1) is 9.97. The summed E-state index contributed by atoms with van der Waals surface area (Å²) in [7, 11) is 2.03. The molecule has 0 N–H and O–H groups in total. The van der Waals surface area contributed by atoms with Crippen LogP contribution >= 0.6 is 0 Å². The molecule has 2 unspecified atom stereocenters. The van der Waals surface area contributed by atoms with Crippen LogP contribution in [0.25, 0.3) is 0 Å². The van der Waals surface area contributed by atoms with Crippen molar-refractivity contribution < 1.29 is 4.39 Å². The molecule has 12 heavy (non-hydrogen) atoms. The molecule has 0 saturated carbocycles. The minimum atomic E-state index is -0.950. The molecule has 72 valence electrons. The van der Waals surface area contributed by atoms with Crippen molar-refractivity contribution in [3.8, 4) is 0 Å². The number of alkyl halides is 1. The quantitative estimate of drug-likeness (QED) is 0.620. The Morgan fingerprint density at radius 3 is 2.50 bits per heavy atom. The van der Waals surface area contributed by atoms with Gasteiger partial charge in [0.25, 0.3) is 0 Å². The fourth-order valence-corrected chi connectivity index (χ4v) is 2.17. The number of hydrogen-bond acceptors (Lipinski definition) is 1. The maximum absolute atomic E-state index is 13.5. The predicted octanol–water partition coefficient (Wildman–Crippen LogP) is 2.46. The molecular weight excluding hydrogens is 153 g/mol. The van der Waals surface area contributed by atoms with Crippen LogP contribution < -0.4 is 0 Å². The summed E-state index contributed by atoms with van der Waals surface area (Å²) in [6, 6.07) is 0.458. The molecule has 2 heteroatoms. The molecule has 1 rings (SSSR count). The van der Waals surface area contributed by atoms with Gasteiger partial charge in [0.2, 0.25) is 0 Å². The van der Waals surface area contributed by atoms with Crippen molar-refractivity contribution in [1.29, 1.82) is 0 Å². The van der Waals surface area contributed by atoms with Crippen molar-refractivity contribution in [2.75, 3.05) is 13.6 Å². The van der Waals surface area contributed by atoms with Crippen LogP contribution in [0, 0.1) is 5.92 Å². The summed E-state index contributed by atoms with van der Waals surface area (Å²) in [5.74, 6) is 0.673. The van der Waals surface area contributed by atoms with Gasteiger partial charge in [-0.25, -0.2) is 4.39 Å². The van der Waals surface area contributed by atoms with Crippen LogP contribution in [0.5, 0.6) is 0 Å². The SMILES string of the molecule is CC(C)CC1CC(C)(F)CN1C. The molecule has 0 aliphatic carbocycles. The molecule has 1 nitrogen and oxygen atoms in total. The molecule has 2 atom stereocenters. The summed E-state index contributed by atoms with van der Waals surface area (Å²) < 4.78 is 13.5. The minimum absolute atomic E-state index is 0.458. The van der Waals surface area contributed by atoms with Crippen molar-refractivity contribution in [1.82, 2.24) is 4.90 Å². The van der Waals surface area contributed by atoms with Gasteiger partial charge < -0.3 is 4.90 Å². The number of rotatable bonds is 2. The van der Waals surface area contributed by atoms with Crippen LogP contribution in [0.2, 0.25) is 0 Å². The largest absolute Gasteiger partial charge is 0.300 e. The van der Waals surface area contributed by atoms with Gasteiger partial charge in [-0.1, -0.05) is 13.8 Å². The lowest BCUT2D eigenvalue weighted by atomic mass is 9.98. The van der Waals surface area contributed by atoms with Gasteiger partial charge in [0.05, 0.1) is 0 Å². The molecule has 0 aromatic carbocycles. The van der Waals surface area contributed by atoms with E-state index in [-0.39, 0.29) is 0 Å². The molecule has 0 radical (unpaired) electrons. The zero-order chi connectivity index (χ0) is 9.35. The van der Waals surface area contributed by atoms with Crippen LogP contribution in [0.15, 0.2) is 0 Å². The zero-order valence-corrected chi connectivity index (χ0v) is 8.60. The predicted molar refractivity (Wildman–Crippen MR) is 50.0 cm³/mol. The molecular formula is C10H20FN. The summed E-state index contributed by atoms with van der Waals surface area (Å²) in [5.41, 5.74) is -0.950. The Morgan fingerprint density at radius 2 is 2.17 bits per heavy atom. The minimum Gasteiger partial charge on any atom is -0.300 e. The van der Waals surface area contributed by atoms with Gasteiger partial charge in [-0.05, 0) is 32.7 Å². The summed E-state index contributed by atoms with van der Waals surface area (Å²) in [6.45, 7) is 6.71. The molecule has 0 spiro atoms. The summed E-state index contributed by atoms with van der Waals surface area (Å²) in [5, 5.41) is 0. The summed E-state index contributed by atoms with van der Waals surface area (Å²) in [4.78, 5) is 2.15. The monoisotopic (exact) mass is 173 g/mol. The second kappa shape index (κ2) is 3.33. The van der Waals surface area contributed by atoms with E-state index in [4.69, 9.17) is 0 Å². The van der Waals surface area contributed by atoms with Crippen molar-refractivity contribution >= 4 is 0 Å². The van der Waals surface area contributed by atoms with E-state index in [1.165, 1.54) is 0 Å². The fourth-order valence-electron chi connectivity index (χ4n) is 2.17. The van der Waals surface area contributed by atoms with Gasteiger partial charge in [-0.3, -0.25) is 0 Å². The molecule has 1 aliphatic rings. The van der Waals surface area contributed by atoms with Gasteiger partial charge in [-0.2, -0.15) is 0 Å². The maximum Gasteiger partial charge on any atom is 0.122 e. The third-order valence-electron chi connectivity index (χ3n) is 2.61. The Kier molecular flexibility index (Phi) is 2.77. The average molecular weight is 173 g/mol. The number of nitrogens with zero attached hydrogens (tertiary/aromatic N) is 1. The van der Waals surface area contributed by atoms with Gasteiger partial charge in [-0.15, -0.1) is 0 Å². The van der Waals surface area contributed by atoms with Gasteiger partial charge in [0.1, 0.15) is 5.67 Å². The molecule has 0 amide bonds. The van der Waals surface area contributed by atoms with Crippen molar-refractivity contribution in [2.45, 2.75) is 45.3 Å². The Labute approximate surface area is 74.9 Å². The third kappa shape index (κ3) is 2.44. The average Bonchev–Trinajstić information content (AvgIpc) is 2.03. The Morgan fingerprint density at radius 1 is 1.58 bits per heavy atom. The van der Waals surface area contributed by atoms with Crippen LogP contribution in [0.3, 0.4) is 0 Å². The van der Waals surface area contributed by atoms with Gasteiger partial charge in [0, 0.05) is 12.6 Å². The lowest BCUT2D eigenvalue weighted by Crippen LogP contribution is -2.27. The first-order valence-corrected chi connectivity index (χ1v) is 4.80. The Bertz CT molecular complexity index is 154. The normalized spacial score (nSPS) is 38.0. The van der Waals surface area contributed by atoms with Crippen LogP contribution in [-0.4, -0.2) is 30.2 Å². The van der Waals surface area contributed by atoms with Crippen LogP contribution in [0.4, 0.5) is 4.39 Å². The van der Waals surface area contributed by atoms with Crippen molar-refractivity contribution in [3.05, 3.63) is 0 Å². The lowest BCUT2D eigenvalue weighted by Gasteiger charge is -2.20. The fraction of sp³-hybridized carbons (Fsp3) is 1.00. The van der Waals surface area contributed by atoms with Crippen LogP contribution in [0.1, 0.15) is 33.6 Å². The Balaban J connectivity index is 2.47. The van der Waals surface area contributed by atoms with E-state index in [9.17, 15) is 4.39 Å². The van der Waals surface area contributed by atoms with Crippen molar-refractivity contribution in [3.63, 3.8) is 0 Å². The summed E-state index contributed by atoms with van der Waals surface area (Å²) >= 11 is 0. The van der Waals surface area contributed by atoms with Crippen LogP contribution in [-0.2, 0) is 0 Å². The smallest absolute Gasteiger partial charge is 0.122 e. The highest BCUT2D eigenvalue weighted by molar-refractivity contribution is 4.92. The first-order valence-electron chi connectivity index (χ1n) is 4.80. The Hall–Kier alpha value is -0.110. The highest BCUT2D eigenvalue weighted by Crippen LogP contribution is 2.31. The van der Waals surface area contributed by atoms with Gasteiger partial charge >= 0.3 is 0 Å². The molecule has 1 fully saturated rings. The zero-order valence-electron chi connectivity index (χ0n) is 8.60. The second-order valence-corrected chi connectivity index (χ2v) is 4.82. The maximum atomic E-state index is 13.5. The second-order valence-electron chi connectivity index (χ2n) is 4.82. The van der Waals surface area contributed by atoms with Crippen molar-refractivity contribution in [2.24, 2.45) is 5.92 Å². The van der Waals surface area contributed by atoms with E-state index >= 15 is 0 Å². The van der Waals surface area contributed by atoms with E-state index in [1.54, 1.807) is 6.92 Å². The number of likely N-dealkylation sites (tertiary alicyclic amines) is 1. The van der Waals surface area contributed by atoms with Gasteiger partial charge in [0.15, 0.2) is 0 Å². The summed E-state index contributed by atoms with van der Waals surface area (Å²) in [6.07, 6.45) is 1.83. The number of halogens is 1. The molecule has 1 heterocycles. The highest BCUT2D eigenvalue weighted by atomic mass is 19.1. The van der Waals surface area contributed by atoms with E-state index in [0.717, 1.165) is 6.42 Å². The topological polar surface area (TPSA) is 3.24 Å². The number of hydrogen-bond donors (Lipinski definition) is 0. The third-order valence-corrected chi connectivity index (χ3v) is 2.61.